The van der Waals surface area contributed by atoms with Gasteiger partial charge in [0.25, 0.3) is 5.69 Å². The summed E-state index contributed by atoms with van der Waals surface area (Å²) in [5.74, 6) is 0. The molecular weight excluding hydrogens is 398 g/mol. The van der Waals surface area contributed by atoms with Crippen molar-refractivity contribution in [3.05, 3.63) is 63.7 Å². The normalized spacial score (nSPS) is 12.1. The fraction of sp³-hybridized carbons (Fsp3) is 0.0714. The van der Waals surface area contributed by atoms with Crippen LogP contribution >= 0.6 is 19.7 Å². The van der Waals surface area contributed by atoms with Crippen LogP contribution in [0.1, 0.15) is 15.9 Å². The predicted molar refractivity (Wildman–Crippen MR) is 86.6 cm³/mol. The van der Waals surface area contributed by atoms with Gasteiger partial charge >= 0.3 is 19.6 Å². The number of alkyl halides is 3. The number of carbonyl (C=O) groups excluding carboxylic acids is 1. The van der Waals surface area contributed by atoms with Crippen LogP contribution in [0.5, 0.6) is 0 Å². The minimum absolute atomic E-state index is 0.0560. The molecular formula is C14H10F3NO6PS+. The maximum absolute atomic E-state index is 12.8. The van der Waals surface area contributed by atoms with Crippen molar-refractivity contribution < 1.29 is 37.6 Å². The quantitative estimate of drug-likeness (QED) is 0.392. The highest BCUT2D eigenvalue weighted by atomic mass is 32.2. The molecule has 0 aliphatic heterocycles. The van der Waals surface area contributed by atoms with Crippen LogP contribution in [0.2, 0.25) is 0 Å². The van der Waals surface area contributed by atoms with Gasteiger partial charge in [0.2, 0.25) is 0 Å². The predicted octanol–water partition coefficient (Wildman–Crippen LogP) is 3.64. The molecule has 0 aromatic heterocycles. The molecule has 138 valence electrons. The minimum atomic E-state index is -5.00. The van der Waals surface area contributed by atoms with Crippen molar-refractivity contribution in [1.82, 2.24) is 0 Å². The van der Waals surface area contributed by atoms with Gasteiger partial charge in [-0.3, -0.25) is 10.1 Å². The average Bonchev–Trinajstić information content (AvgIpc) is 2.53. The molecule has 3 N–H and O–H groups in total. The van der Waals surface area contributed by atoms with E-state index in [9.17, 15) is 28.1 Å². The van der Waals surface area contributed by atoms with E-state index in [1.54, 1.807) is 0 Å². The zero-order valence-electron chi connectivity index (χ0n) is 12.5. The Labute approximate surface area is 148 Å². The average molecular weight is 408 g/mol. The Bertz CT molecular complexity index is 868. The zero-order valence-corrected chi connectivity index (χ0v) is 14.3. The Morgan fingerprint density at radius 3 is 2.31 bits per heavy atom. The van der Waals surface area contributed by atoms with E-state index >= 15 is 0 Å². The van der Waals surface area contributed by atoms with E-state index in [-0.39, 0.29) is 9.79 Å². The third-order valence-electron chi connectivity index (χ3n) is 3.07. The van der Waals surface area contributed by atoms with Crippen molar-refractivity contribution in [2.75, 3.05) is 0 Å². The van der Waals surface area contributed by atoms with Crippen LogP contribution in [0.3, 0.4) is 0 Å². The fourth-order valence-corrected chi connectivity index (χ4v) is 3.48. The third kappa shape index (κ3) is 4.77. The molecule has 0 saturated heterocycles. The molecule has 0 atom stereocenters. The Morgan fingerprint density at radius 2 is 1.77 bits per heavy atom. The van der Waals surface area contributed by atoms with Crippen LogP contribution in [-0.2, 0) is 6.18 Å². The van der Waals surface area contributed by atoms with Crippen LogP contribution in [0.15, 0.2) is 52.3 Å². The first kappa shape index (κ1) is 20.3. The largest absolute Gasteiger partial charge is 0.483 e. The Balaban J connectivity index is 2.50. The number of halogens is 3. The van der Waals surface area contributed by atoms with Gasteiger partial charge in [0.1, 0.15) is 0 Å². The highest BCUT2D eigenvalue weighted by Crippen LogP contribution is 2.50. The van der Waals surface area contributed by atoms with Crippen molar-refractivity contribution in [2.45, 2.75) is 16.0 Å². The molecule has 0 aliphatic rings. The molecule has 2 aromatic rings. The zero-order chi connectivity index (χ0) is 19.7. The van der Waals surface area contributed by atoms with Gasteiger partial charge in [-0.1, -0.05) is 17.8 Å². The van der Waals surface area contributed by atoms with E-state index in [0.29, 0.717) is 11.8 Å². The van der Waals surface area contributed by atoms with E-state index in [0.717, 1.165) is 36.4 Å². The monoisotopic (exact) mass is 408 g/mol. The molecule has 0 spiro atoms. The first-order valence-electron chi connectivity index (χ1n) is 6.65. The van der Waals surface area contributed by atoms with E-state index in [1.807, 2.05) is 0 Å². The molecule has 0 aliphatic carbocycles. The first-order valence-corrected chi connectivity index (χ1v) is 9.11. The van der Waals surface area contributed by atoms with Gasteiger partial charge < -0.3 is 0 Å². The lowest BCUT2D eigenvalue weighted by Gasteiger charge is -2.10. The van der Waals surface area contributed by atoms with Crippen LogP contribution in [0.4, 0.5) is 18.9 Å². The molecule has 0 fully saturated rings. The number of hydrogen-bond donors (Lipinski definition) is 3. The summed E-state index contributed by atoms with van der Waals surface area (Å²) in [7, 11) is -5.00. The number of hydrogen-bond acceptors (Lipinski definition) is 7. The van der Waals surface area contributed by atoms with Crippen molar-refractivity contribution in [1.29, 1.82) is 0 Å². The number of benzene rings is 2. The molecule has 0 heterocycles. The SMILES string of the molecule is O=C(c1cc([N+](=O)[O-])ccc1Sc1cccc(C(F)(F)F)c1)[P+](O)(O)O. The Hall–Kier alpha value is -2.04. The topological polar surface area (TPSA) is 121 Å². The third-order valence-corrected chi connectivity index (χ3v) is 4.92. The van der Waals surface area contributed by atoms with E-state index in [4.69, 9.17) is 14.7 Å². The number of non-ortho nitro benzene ring substituents is 1. The highest BCUT2D eigenvalue weighted by molar-refractivity contribution is 7.99. The summed E-state index contributed by atoms with van der Waals surface area (Å²) in [5.41, 5.74) is -3.63. The lowest BCUT2D eigenvalue weighted by atomic mass is 10.2. The molecule has 0 amide bonds. The highest BCUT2D eigenvalue weighted by Gasteiger charge is 2.45. The smallest absolute Gasteiger partial charge is 0.258 e. The van der Waals surface area contributed by atoms with E-state index in [2.05, 4.69) is 0 Å². The summed E-state index contributed by atoms with van der Waals surface area (Å²) >= 11 is 0.650. The van der Waals surface area contributed by atoms with Gasteiger partial charge in [0.05, 0.1) is 16.1 Å². The summed E-state index contributed by atoms with van der Waals surface area (Å²) in [6, 6.07) is 6.89. The second kappa shape index (κ2) is 7.29. The van der Waals surface area contributed by atoms with Crippen LogP contribution < -0.4 is 0 Å². The fourth-order valence-electron chi connectivity index (χ4n) is 1.91. The van der Waals surface area contributed by atoms with E-state index in [1.165, 1.54) is 6.07 Å². The molecule has 26 heavy (non-hydrogen) atoms. The molecule has 0 saturated carbocycles. The molecule has 7 nitrogen and oxygen atoms in total. The van der Waals surface area contributed by atoms with Crippen molar-refractivity contribution >= 4 is 30.9 Å². The number of nitrogens with zero attached hydrogens (tertiary/aromatic N) is 1. The first-order chi connectivity index (χ1) is 11.9. The van der Waals surface area contributed by atoms with E-state index < -0.39 is 41.4 Å². The van der Waals surface area contributed by atoms with Gasteiger partial charge in [0, 0.05) is 21.9 Å². The molecule has 2 aromatic carbocycles. The van der Waals surface area contributed by atoms with Gasteiger partial charge in [-0.15, -0.1) is 0 Å². The molecule has 12 heteroatoms. The van der Waals surface area contributed by atoms with Crippen molar-refractivity contribution in [2.24, 2.45) is 0 Å². The number of nitro benzene ring substituents is 1. The van der Waals surface area contributed by atoms with Crippen molar-refractivity contribution in [3.63, 3.8) is 0 Å². The van der Waals surface area contributed by atoms with Crippen LogP contribution in [-0.4, -0.2) is 25.1 Å². The Morgan fingerprint density at radius 1 is 1.12 bits per heavy atom. The summed E-state index contributed by atoms with van der Waals surface area (Å²) in [6.07, 6.45) is -4.59. The van der Waals surface area contributed by atoms with Gasteiger partial charge in [0.15, 0.2) is 0 Å². The second-order valence-corrected chi connectivity index (χ2v) is 7.60. The maximum Gasteiger partial charge on any atom is 0.483 e. The van der Waals surface area contributed by atoms with Crippen LogP contribution in [0.25, 0.3) is 0 Å². The molecule has 0 radical (unpaired) electrons. The van der Waals surface area contributed by atoms with Gasteiger partial charge in [-0.2, -0.15) is 27.9 Å². The van der Waals surface area contributed by atoms with Gasteiger partial charge in [-0.05, 0) is 24.3 Å². The lowest BCUT2D eigenvalue weighted by molar-refractivity contribution is -0.384. The van der Waals surface area contributed by atoms with Crippen LogP contribution in [0, 0.1) is 10.1 Å². The maximum atomic E-state index is 12.8. The lowest BCUT2D eigenvalue weighted by Crippen LogP contribution is -2.08. The summed E-state index contributed by atoms with van der Waals surface area (Å²) in [5, 5.41) is 10.8. The second-order valence-electron chi connectivity index (χ2n) is 4.94. The molecule has 0 unspecified atom stereocenters. The summed E-state index contributed by atoms with van der Waals surface area (Å²) in [6.45, 7) is 0. The molecule has 0 bridgehead atoms. The van der Waals surface area contributed by atoms with Gasteiger partial charge in [-0.25, -0.2) is 4.79 Å². The Kier molecular flexibility index (Phi) is 5.69. The summed E-state index contributed by atoms with van der Waals surface area (Å²) in [4.78, 5) is 49.4. The molecule has 2 rings (SSSR count). The van der Waals surface area contributed by atoms with Crippen molar-refractivity contribution in [3.8, 4) is 0 Å². The number of carbonyl (C=O) groups is 1. The summed E-state index contributed by atoms with van der Waals surface area (Å²) < 4.78 is 38.3. The number of nitro groups is 1. The standard InChI is InChI=1S/C14H10F3NO6PS/c15-14(16,17)8-2-1-3-10(6-8)26-12-5-4-9(18(20)21)7-11(12)13(19)25(22,23)24/h1-7,22-24H/q+1. The minimum Gasteiger partial charge on any atom is -0.258 e. The number of rotatable bonds is 5.